The molecule has 2 aromatic rings. The molecule has 0 bridgehead atoms. The predicted molar refractivity (Wildman–Crippen MR) is 101 cm³/mol. The van der Waals surface area contributed by atoms with Crippen LogP contribution in [0.25, 0.3) is 10.2 Å². The van der Waals surface area contributed by atoms with E-state index in [-0.39, 0.29) is 42.8 Å². The highest BCUT2D eigenvalue weighted by Crippen LogP contribution is 2.31. The molecular weight excluding hydrogens is 386 g/mol. The zero-order chi connectivity index (χ0) is 19.8. The first-order valence-electron chi connectivity index (χ1n) is 8.83. The average molecular weight is 403 g/mol. The number of benzene rings is 1. The summed E-state index contributed by atoms with van der Waals surface area (Å²) in [4.78, 5) is 55.5. The minimum absolute atomic E-state index is 0.0316. The van der Waals surface area contributed by atoms with Gasteiger partial charge in [-0.25, -0.2) is 4.98 Å². The van der Waals surface area contributed by atoms with Gasteiger partial charge in [0, 0.05) is 51.2 Å². The number of imide groups is 1. The number of anilines is 1. The number of amides is 3. The number of nitrogens with zero attached hydrogens (tertiary/aromatic N) is 5. The summed E-state index contributed by atoms with van der Waals surface area (Å²) in [5.41, 5.74) is 0.735. The predicted octanol–water partition coefficient (Wildman–Crippen LogP) is 1.00. The lowest BCUT2D eigenvalue weighted by atomic mass is 10.3. The summed E-state index contributed by atoms with van der Waals surface area (Å²) in [5, 5.41) is 11.7. The third-order valence-electron chi connectivity index (χ3n) is 4.92. The SMILES string of the molecule is O=C(CN1C(=O)CCC1=O)N1CCN(c2nc3ccc([N+](=O)[O-])cc3s2)CC1. The van der Waals surface area contributed by atoms with Crippen molar-refractivity contribution in [1.29, 1.82) is 0 Å². The summed E-state index contributed by atoms with van der Waals surface area (Å²) >= 11 is 1.38. The van der Waals surface area contributed by atoms with Crippen LogP contribution in [-0.2, 0) is 14.4 Å². The molecule has 3 heterocycles. The molecule has 0 radical (unpaired) electrons. The first kappa shape index (κ1) is 18.3. The lowest BCUT2D eigenvalue weighted by Crippen LogP contribution is -2.51. The lowest BCUT2D eigenvalue weighted by molar-refractivity contribution is -0.384. The summed E-state index contributed by atoms with van der Waals surface area (Å²) in [6, 6.07) is 4.58. The van der Waals surface area contributed by atoms with Crippen LogP contribution in [0.2, 0.25) is 0 Å². The van der Waals surface area contributed by atoms with Crippen LogP contribution in [0, 0.1) is 10.1 Å². The third-order valence-corrected chi connectivity index (χ3v) is 6.00. The second-order valence-electron chi connectivity index (χ2n) is 6.65. The smallest absolute Gasteiger partial charge is 0.270 e. The van der Waals surface area contributed by atoms with Gasteiger partial charge in [-0.1, -0.05) is 11.3 Å². The Hall–Kier alpha value is -3.08. The number of non-ortho nitro benzene ring substituents is 1. The van der Waals surface area contributed by atoms with Crippen LogP contribution in [0.5, 0.6) is 0 Å². The summed E-state index contributed by atoms with van der Waals surface area (Å²) in [6.45, 7) is 1.86. The summed E-state index contributed by atoms with van der Waals surface area (Å²) in [7, 11) is 0. The molecular formula is C17H17N5O5S. The Kier molecular flexibility index (Phi) is 4.67. The van der Waals surface area contributed by atoms with Crippen molar-refractivity contribution in [3.63, 3.8) is 0 Å². The van der Waals surface area contributed by atoms with Gasteiger partial charge in [0.2, 0.25) is 17.7 Å². The van der Waals surface area contributed by atoms with Crippen molar-refractivity contribution in [1.82, 2.24) is 14.8 Å². The Morgan fingerprint density at radius 3 is 2.46 bits per heavy atom. The number of nitro benzene ring substituents is 1. The molecule has 10 nitrogen and oxygen atoms in total. The molecule has 0 saturated carbocycles. The molecule has 2 aliphatic heterocycles. The molecule has 1 aromatic carbocycles. The van der Waals surface area contributed by atoms with Crippen molar-refractivity contribution >= 4 is 50.1 Å². The maximum absolute atomic E-state index is 12.4. The monoisotopic (exact) mass is 403 g/mol. The topological polar surface area (TPSA) is 117 Å². The van der Waals surface area contributed by atoms with Gasteiger partial charge in [-0.15, -0.1) is 0 Å². The summed E-state index contributed by atoms with van der Waals surface area (Å²) in [6.07, 6.45) is 0.352. The first-order chi connectivity index (χ1) is 13.4. The minimum Gasteiger partial charge on any atom is -0.345 e. The molecule has 0 spiro atoms. The van der Waals surface area contributed by atoms with E-state index in [1.54, 1.807) is 11.0 Å². The van der Waals surface area contributed by atoms with E-state index in [2.05, 4.69) is 4.98 Å². The van der Waals surface area contributed by atoms with E-state index in [0.717, 1.165) is 14.7 Å². The second kappa shape index (κ2) is 7.15. The van der Waals surface area contributed by atoms with Crippen molar-refractivity contribution in [2.45, 2.75) is 12.8 Å². The molecule has 11 heteroatoms. The third kappa shape index (κ3) is 3.40. The molecule has 0 unspecified atom stereocenters. The number of aromatic nitrogens is 1. The van der Waals surface area contributed by atoms with Gasteiger partial charge in [0.25, 0.3) is 5.69 Å². The van der Waals surface area contributed by atoms with E-state index in [1.807, 2.05) is 4.90 Å². The number of thiazole rings is 1. The Morgan fingerprint density at radius 2 is 1.82 bits per heavy atom. The fourth-order valence-electron chi connectivity index (χ4n) is 3.33. The molecule has 2 saturated heterocycles. The Balaban J connectivity index is 1.39. The van der Waals surface area contributed by atoms with Crippen LogP contribution in [0.1, 0.15) is 12.8 Å². The molecule has 0 N–H and O–H groups in total. The van der Waals surface area contributed by atoms with Crippen LogP contribution >= 0.6 is 11.3 Å². The van der Waals surface area contributed by atoms with Gasteiger partial charge in [-0.3, -0.25) is 29.4 Å². The van der Waals surface area contributed by atoms with Gasteiger partial charge in [-0.05, 0) is 6.07 Å². The Bertz CT molecular complexity index is 965. The quantitative estimate of drug-likeness (QED) is 0.425. The van der Waals surface area contributed by atoms with Crippen LogP contribution in [-0.4, -0.2) is 70.2 Å². The van der Waals surface area contributed by atoms with E-state index in [9.17, 15) is 24.5 Å². The summed E-state index contributed by atoms with van der Waals surface area (Å²) in [5.74, 6) is -0.815. The first-order valence-corrected chi connectivity index (χ1v) is 9.65. The molecule has 3 amide bonds. The van der Waals surface area contributed by atoms with Crippen LogP contribution < -0.4 is 4.90 Å². The number of nitro groups is 1. The van der Waals surface area contributed by atoms with E-state index < -0.39 is 4.92 Å². The standard InChI is InChI=1S/C17H17N5O5S/c23-14-3-4-15(24)21(14)10-16(25)19-5-7-20(8-6-19)17-18-12-2-1-11(22(26)27)9-13(12)28-17/h1-2,9H,3-8,10H2. The Labute approximate surface area is 163 Å². The zero-order valence-corrected chi connectivity index (χ0v) is 15.7. The second-order valence-corrected chi connectivity index (χ2v) is 7.66. The van der Waals surface area contributed by atoms with E-state index >= 15 is 0 Å². The molecule has 4 rings (SSSR count). The fraction of sp³-hybridized carbons (Fsp3) is 0.412. The molecule has 2 aliphatic rings. The maximum Gasteiger partial charge on any atom is 0.270 e. The molecule has 146 valence electrons. The number of rotatable bonds is 4. The Morgan fingerprint density at radius 1 is 1.14 bits per heavy atom. The zero-order valence-electron chi connectivity index (χ0n) is 14.9. The number of carbonyl (C=O) groups is 3. The summed E-state index contributed by atoms with van der Waals surface area (Å²) < 4.78 is 0.744. The minimum atomic E-state index is -0.431. The van der Waals surface area contributed by atoms with Crippen LogP contribution in [0.4, 0.5) is 10.8 Å². The molecule has 28 heavy (non-hydrogen) atoms. The number of likely N-dealkylation sites (tertiary alicyclic amines) is 1. The van der Waals surface area contributed by atoms with E-state index in [4.69, 9.17) is 0 Å². The maximum atomic E-state index is 12.4. The highest BCUT2D eigenvalue weighted by molar-refractivity contribution is 7.22. The molecule has 0 aliphatic carbocycles. The normalized spacial score (nSPS) is 17.6. The molecule has 0 atom stereocenters. The lowest BCUT2D eigenvalue weighted by Gasteiger charge is -2.35. The van der Waals surface area contributed by atoms with Gasteiger partial charge in [0.15, 0.2) is 5.13 Å². The highest BCUT2D eigenvalue weighted by Gasteiger charge is 2.32. The van der Waals surface area contributed by atoms with Gasteiger partial charge < -0.3 is 9.80 Å². The number of hydrogen-bond donors (Lipinski definition) is 0. The van der Waals surface area contributed by atoms with Gasteiger partial charge in [0.1, 0.15) is 6.54 Å². The highest BCUT2D eigenvalue weighted by atomic mass is 32.1. The number of fused-ring (bicyclic) bond motifs is 1. The number of carbonyl (C=O) groups excluding carboxylic acids is 3. The van der Waals surface area contributed by atoms with E-state index in [0.29, 0.717) is 31.7 Å². The van der Waals surface area contributed by atoms with E-state index in [1.165, 1.54) is 23.5 Å². The van der Waals surface area contributed by atoms with Crippen molar-refractivity contribution in [2.75, 3.05) is 37.6 Å². The van der Waals surface area contributed by atoms with Crippen molar-refractivity contribution < 1.29 is 19.3 Å². The van der Waals surface area contributed by atoms with Crippen molar-refractivity contribution in [2.24, 2.45) is 0 Å². The average Bonchev–Trinajstić information content (AvgIpc) is 3.25. The largest absolute Gasteiger partial charge is 0.345 e. The van der Waals surface area contributed by atoms with Gasteiger partial charge in [0.05, 0.1) is 15.1 Å². The fourth-order valence-corrected chi connectivity index (χ4v) is 4.38. The van der Waals surface area contributed by atoms with Crippen molar-refractivity contribution in [3.05, 3.63) is 28.3 Å². The molecule has 1 aromatic heterocycles. The van der Waals surface area contributed by atoms with Gasteiger partial charge >= 0.3 is 0 Å². The van der Waals surface area contributed by atoms with Crippen LogP contribution in [0.15, 0.2) is 18.2 Å². The van der Waals surface area contributed by atoms with Crippen molar-refractivity contribution in [3.8, 4) is 0 Å². The van der Waals surface area contributed by atoms with Gasteiger partial charge in [-0.2, -0.15) is 0 Å². The number of hydrogen-bond acceptors (Lipinski definition) is 8. The number of piperazine rings is 1. The van der Waals surface area contributed by atoms with Crippen LogP contribution in [0.3, 0.4) is 0 Å². The molecule has 2 fully saturated rings.